The van der Waals surface area contributed by atoms with Crippen LogP contribution in [0.3, 0.4) is 0 Å². The molecule has 1 atom stereocenters. The Labute approximate surface area is 131 Å². The fourth-order valence-corrected chi connectivity index (χ4v) is 3.08. The third-order valence-corrected chi connectivity index (χ3v) is 4.65. The Bertz CT molecular complexity index is 566. The van der Waals surface area contributed by atoms with E-state index in [9.17, 15) is 0 Å². The number of rotatable bonds is 6. The molecule has 2 aromatic rings. The third-order valence-electron chi connectivity index (χ3n) is 3.51. The predicted molar refractivity (Wildman–Crippen MR) is 91.2 cm³/mol. The summed E-state index contributed by atoms with van der Waals surface area (Å²) in [6.07, 6.45) is 0. The van der Waals surface area contributed by atoms with Crippen molar-refractivity contribution in [3.63, 3.8) is 0 Å². The Morgan fingerprint density at radius 1 is 1.05 bits per heavy atom. The maximum absolute atomic E-state index is 6.30. The van der Waals surface area contributed by atoms with Crippen molar-refractivity contribution in [1.29, 1.82) is 0 Å². The predicted octanol–water partition coefficient (Wildman–Crippen LogP) is 4.61. The molecule has 0 heterocycles. The molecule has 2 N–H and O–H groups in total. The lowest BCUT2D eigenvalue weighted by Gasteiger charge is -2.15. The van der Waals surface area contributed by atoms with Gasteiger partial charge in [-0.3, -0.25) is 0 Å². The molecule has 2 rings (SSSR count). The topological polar surface area (TPSA) is 35.2 Å². The average molecular weight is 301 g/mol. The minimum atomic E-state index is -0.0316. The van der Waals surface area contributed by atoms with Gasteiger partial charge in [-0.05, 0) is 29.7 Å². The first-order valence-electron chi connectivity index (χ1n) is 7.23. The van der Waals surface area contributed by atoms with Gasteiger partial charge in [0.25, 0.3) is 0 Å². The van der Waals surface area contributed by atoms with Crippen molar-refractivity contribution in [2.75, 3.05) is 12.9 Å². The number of ether oxygens (including phenoxy) is 1. The van der Waals surface area contributed by atoms with E-state index in [4.69, 9.17) is 10.5 Å². The van der Waals surface area contributed by atoms with Crippen LogP contribution in [0.15, 0.2) is 53.4 Å². The lowest BCUT2D eigenvalue weighted by atomic mass is 10.0. The van der Waals surface area contributed by atoms with Crippen molar-refractivity contribution in [3.05, 3.63) is 59.7 Å². The van der Waals surface area contributed by atoms with Crippen LogP contribution in [-0.2, 0) is 0 Å². The summed E-state index contributed by atoms with van der Waals surface area (Å²) in [6.45, 7) is 4.42. The molecule has 0 saturated heterocycles. The highest BCUT2D eigenvalue weighted by molar-refractivity contribution is 7.99. The quantitative estimate of drug-likeness (QED) is 0.791. The van der Waals surface area contributed by atoms with Gasteiger partial charge >= 0.3 is 0 Å². The summed E-state index contributed by atoms with van der Waals surface area (Å²) in [6, 6.07) is 16.7. The Morgan fingerprint density at radius 3 is 2.33 bits per heavy atom. The van der Waals surface area contributed by atoms with E-state index < -0.39 is 0 Å². The zero-order valence-corrected chi connectivity index (χ0v) is 13.7. The van der Waals surface area contributed by atoms with Crippen LogP contribution in [0.4, 0.5) is 0 Å². The first-order chi connectivity index (χ1) is 10.1. The van der Waals surface area contributed by atoms with Gasteiger partial charge in [0.05, 0.1) is 7.11 Å². The van der Waals surface area contributed by atoms with E-state index in [0.717, 1.165) is 17.1 Å². The van der Waals surface area contributed by atoms with Gasteiger partial charge in [0.1, 0.15) is 5.75 Å². The van der Waals surface area contributed by atoms with Crippen molar-refractivity contribution in [1.82, 2.24) is 0 Å². The standard InChI is InChI=1S/C18H23NOS/c1-13(2)14-8-10-15(11-9-14)21-12-17(19)16-6-4-5-7-18(16)20-3/h4-11,13,17H,12,19H2,1-3H3. The van der Waals surface area contributed by atoms with Gasteiger partial charge in [-0.2, -0.15) is 0 Å². The number of para-hydroxylation sites is 1. The molecule has 0 aliphatic rings. The minimum Gasteiger partial charge on any atom is -0.496 e. The molecule has 0 aliphatic heterocycles. The van der Waals surface area contributed by atoms with Crippen molar-refractivity contribution in [2.45, 2.75) is 30.7 Å². The number of thioether (sulfide) groups is 1. The van der Waals surface area contributed by atoms with E-state index in [2.05, 4.69) is 38.1 Å². The van der Waals surface area contributed by atoms with Gasteiger partial charge in [-0.25, -0.2) is 0 Å². The van der Waals surface area contributed by atoms with Crippen molar-refractivity contribution in [2.24, 2.45) is 5.73 Å². The molecule has 0 fully saturated rings. The van der Waals surface area contributed by atoms with Crippen LogP contribution in [0.1, 0.15) is 36.9 Å². The minimum absolute atomic E-state index is 0.0316. The Morgan fingerprint density at radius 2 is 1.71 bits per heavy atom. The van der Waals surface area contributed by atoms with Crippen LogP contribution < -0.4 is 10.5 Å². The monoisotopic (exact) mass is 301 g/mol. The molecule has 112 valence electrons. The molecule has 0 radical (unpaired) electrons. The second kappa shape index (κ2) is 7.53. The van der Waals surface area contributed by atoms with Gasteiger partial charge < -0.3 is 10.5 Å². The zero-order valence-electron chi connectivity index (χ0n) is 12.9. The molecule has 0 saturated carbocycles. The van der Waals surface area contributed by atoms with Gasteiger partial charge in [-0.15, -0.1) is 11.8 Å². The Balaban J connectivity index is 1.99. The SMILES string of the molecule is COc1ccccc1C(N)CSc1ccc(C(C)C)cc1. The summed E-state index contributed by atoms with van der Waals surface area (Å²) < 4.78 is 5.37. The summed E-state index contributed by atoms with van der Waals surface area (Å²) in [7, 11) is 1.68. The van der Waals surface area contributed by atoms with E-state index in [1.807, 2.05) is 24.3 Å². The molecule has 2 nitrogen and oxygen atoms in total. The normalized spacial score (nSPS) is 12.4. The fourth-order valence-electron chi connectivity index (χ4n) is 2.20. The fraction of sp³-hybridized carbons (Fsp3) is 0.333. The lowest BCUT2D eigenvalue weighted by Crippen LogP contribution is -2.14. The highest BCUT2D eigenvalue weighted by Crippen LogP contribution is 2.29. The highest BCUT2D eigenvalue weighted by atomic mass is 32.2. The summed E-state index contributed by atoms with van der Waals surface area (Å²) in [5, 5.41) is 0. The number of nitrogens with two attached hydrogens (primary N) is 1. The molecule has 0 aliphatic carbocycles. The molecule has 3 heteroatoms. The van der Waals surface area contributed by atoms with Crippen molar-refractivity contribution >= 4 is 11.8 Å². The van der Waals surface area contributed by atoms with E-state index in [1.165, 1.54) is 10.5 Å². The third kappa shape index (κ3) is 4.26. The summed E-state index contributed by atoms with van der Waals surface area (Å²) in [5.41, 5.74) is 8.73. The summed E-state index contributed by atoms with van der Waals surface area (Å²) in [4.78, 5) is 1.25. The van der Waals surface area contributed by atoms with Gasteiger partial charge in [0.2, 0.25) is 0 Å². The molecular formula is C18H23NOS. The lowest BCUT2D eigenvalue weighted by molar-refractivity contribution is 0.407. The molecule has 2 aromatic carbocycles. The molecule has 21 heavy (non-hydrogen) atoms. The summed E-state index contributed by atoms with van der Waals surface area (Å²) in [5.74, 6) is 2.27. The van der Waals surface area contributed by atoms with E-state index >= 15 is 0 Å². The maximum Gasteiger partial charge on any atom is 0.123 e. The zero-order chi connectivity index (χ0) is 15.2. The molecule has 0 aromatic heterocycles. The van der Waals surface area contributed by atoms with Crippen LogP contribution in [0, 0.1) is 0 Å². The first-order valence-corrected chi connectivity index (χ1v) is 8.21. The number of hydrogen-bond donors (Lipinski definition) is 1. The van der Waals surface area contributed by atoms with Crippen LogP contribution in [-0.4, -0.2) is 12.9 Å². The second-order valence-corrected chi connectivity index (χ2v) is 6.48. The molecule has 1 unspecified atom stereocenters. The van der Waals surface area contributed by atoms with Crippen molar-refractivity contribution < 1.29 is 4.74 Å². The summed E-state index contributed by atoms with van der Waals surface area (Å²) >= 11 is 1.78. The molecule has 0 spiro atoms. The van der Waals surface area contributed by atoms with Crippen LogP contribution in [0.25, 0.3) is 0 Å². The molecule has 0 amide bonds. The molecule has 0 bridgehead atoms. The van der Waals surface area contributed by atoms with Gasteiger partial charge in [0.15, 0.2) is 0 Å². The van der Waals surface area contributed by atoms with Crippen LogP contribution in [0.2, 0.25) is 0 Å². The maximum atomic E-state index is 6.30. The van der Waals surface area contributed by atoms with Gasteiger partial charge in [-0.1, -0.05) is 44.2 Å². The van der Waals surface area contributed by atoms with E-state index in [-0.39, 0.29) is 6.04 Å². The number of methoxy groups -OCH3 is 1. The smallest absolute Gasteiger partial charge is 0.123 e. The van der Waals surface area contributed by atoms with Crippen LogP contribution >= 0.6 is 11.8 Å². The van der Waals surface area contributed by atoms with E-state index in [0.29, 0.717) is 5.92 Å². The highest BCUT2D eigenvalue weighted by Gasteiger charge is 2.11. The number of benzene rings is 2. The first kappa shape index (κ1) is 15.9. The number of hydrogen-bond acceptors (Lipinski definition) is 3. The van der Waals surface area contributed by atoms with Crippen LogP contribution in [0.5, 0.6) is 5.75 Å². The van der Waals surface area contributed by atoms with E-state index in [1.54, 1.807) is 18.9 Å². The largest absolute Gasteiger partial charge is 0.496 e. The second-order valence-electron chi connectivity index (χ2n) is 5.38. The Hall–Kier alpha value is -1.45. The van der Waals surface area contributed by atoms with Crippen molar-refractivity contribution in [3.8, 4) is 5.75 Å². The average Bonchev–Trinajstić information content (AvgIpc) is 2.52. The molecular weight excluding hydrogens is 278 g/mol. The Kier molecular flexibility index (Phi) is 5.71. The van der Waals surface area contributed by atoms with Gasteiger partial charge in [0, 0.05) is 22.3 Å².